The molecule has 5 aromatic rings. The van der Waals surface area contributed by atoms with E-state index in [1.165, 1.54) is 67.4 Å². The predicted octanol–water partition coefficient (Wildman–Crippen LogP) is 12.3. The maximum absolute atomic E-state index is 9.29. The molecule has 5 rings (SSSR count). The summed E-state index contributed by atoms with van der Waals surface area (Å²) < 4.78 is 18.2. The van der Waals surface area contributed by atoms with E-state index in [0.717, 1.165) is 51.9 Å². The first-order valence-corrected chi connectivity index (χ1v) is 18.1. The van der Waals surface area contributed by atoms with Gasteiger partial charge in [-0.05, 0) is 64.6 Å². The standard InChI is InChI=1S/C34H34N2O2P2S2/c1-3-5-7-9-19-37-27-29-32(42-33(39-29)25-15-11-23(21-35)12-16-25)28(38-20-10-8-6-4-2)30-31(27)41-34(40-30)26-17-13-24(22-36)14-18-26/h11-18H,3-10,19-20H2,1-2H3. The Morgan fingerprint density at radius 3 is 1.36 bits per heavy atom. The van der Waals surface area contributed by atoms with Gasteiger partial charge in [-0.2, -0.15) is 10.5 Å². The van der Waals surface area contributed by atoms with Crippen LogP contribution in [0.3, 0.4) is 0 Å². The predicted molar refractivity (Wildman–Crippen MR) is 182 cm³/mol. The molecule has 3 aromatic carbocycles. The van der Waals surface area contributed by atoms with E-state index in [9.17, 15) is 10.5 Å². The first kappa shape index (κ1) is 30.5. The normalized spacial score (nSPS) is 11.4. The van der Waals surface area contributed by atoms with Gasteiger partial charge in [0.1, 0.15) is 0 Å². The molecule has 0 spiro atoms. The summed E-state index contributed by atoms with van der Waals surface area (Å²) in [6.07, 6.45) is 9.26. The average molecular weight is 629 g/mol. The molecular weight excluding hydrogens is 594 g/mol. The second-order valence-electron chi connectivity index (χ2n) is 10.2. The minimum Gasteiger partial charge on any atom is -0.491 e. The molecule has 0 aliphatic rings. The Balaban J connectivity index is 1.64. The van der Waals surface area contributed by atoms with Gasteiger partial charge >= 0.3 is 0 Å². The minimum absolute atomic E-state index is 0.670. The lowest BCUT2D eigenvalue weighted by Crippen LogP contribution is -2.00. The van der Waals surface area contributed by atoms with E-state index in [4.69, 9.17) is 9.47 Å². The largest absolute Gasteiger partial charge is 0.491 e. The SMILES string of the molecule is CCCCCCOc1c2pc(-c3ccc(C#N)cc3)sc2c(OCCCCCC)c2pc(-c3ccc(C#N)cc3)sc12. The van der Waals surface area contributed by atoms with Crippen LogP contribution in [0.15, 0.2) is 48.5 Å². The van der Waals surface area contributed by atoms with Crippen LogP contribution in [0.25, 0.3) is 40.0 Å². The summed E-state index contributed by atoms with van der Waals surface area (Å²) >= 11 is 3.57. The summed E-state index contributed by atoms with van der Waals surface area (Å²) in [5, 5.41) is 21.0. The lowest BCUT2D eigenvalue weighted by molar-refractivity contribution is 0.308. The van der Waals surface area contributed by atoms with Crippen LogP contribution in [0.1, 0.15) is 76.3 Å². The van der Waals surface area contributed by atoms with Crippen LogP contribution >= 0.6 is 39.1 Å². The summed E-state index contributed by atoms with van der Waals surface area (Å²) in [6.45, 7) is 5.86. The Kier molecular flexibility index (Phi) is 10.9. The van der Waals surface area contributed by atoms with Crippen molar-refractivity contribution >= 4 is 58.7 Å². The van der Waals surface area contributed by atoms with Crippen molar-refractivity contribution in [2.75, 3.05) is 13.2 Å². The fourth-order valence-electron chi connectivity index (χ4n) is 4.77. The zero-order valence-electron chi connectivity index (χ0n) is 24.1. The molecule has 0 N–H and O–H groups in total. The Labute approximate surface area is 259 Å². The van der Waals surface area contributed by atoms with Crippen LogP contribution in [-0.2, 0) is 0 Å². The highest BCUT2D eigenvalue weighted by Gasteiger charge is 2.24. The number of hydrogen-bond acceptors (Lipinski definition) is 6. The van der Waals surface area contributed by atoms with Crippen molar-refractivity contribution in [1.82, 2.24) is 0 Å². The fourth-order valence-corrected chi connectivity index (χ4v) is 10.6. The van der Waals surface area contributed by atoms with Gasteiger partial charge in [0.25, 0.3) is 0 Å². The highest BCUT2D eigenvalue weighted by atomic mass is 32.1. The highest BCUT2D eigenvalue weighted by molar-refractivity contribution is 7.56. The molecule has 0 saturated carbocycles. The number of fused-ring (bicyclic) bond motifs is 2. The molecule has 0 radical (unpaired) electrons. The van der Waals surface area contributed by atoms with Crippen LogP contribution in [-0.4, -0.2) is 13.2 Å². The van der Waals surface area contributed by atoms with E-state index in [0.29, 0.717) is 24.3 Å². The molecule has 0 amide bonds. The van der Waals surface area contributed by atoms with E-state index < -0.39 is 0 Å². The second-order valence-corrected chi connectivity index (χ2v) is 15.1. The molecule has 0 unspecified atom stereocenters. The highest BCUT2D eigenvalue weighted by Crippen LogP contribution is 2.59. The third-order valence-corrected chi connectivity index (χ3v) is 12.8. The monoisotopic (exact) mass is 628 g/mol. The van der Waals surface area contributed by atoms with E-state index in [2.05, 4.69) is 26.0 Å². The molecule has 4 nitrogen and oxygen atoms in total. The molecule has 0 bridgehead atoms. The van der Waals surface area contributed by atoms with Gasteiger partial charge in [0.2, 0.25) is 0 Å². The van der Waals surface area contributed by atoms with Crippen LogP contribution in [0.5, 0.6) is 11.5 Å². The molecule has 0 aliphatic carbocycles. The number of nitrogens with zero attached hydrogens (tertiary/aromatic N) is 2. The molecule has 0 atom stereocenters. The Bertz CT molecular complexity index is 1550. The van der Waals surface area contributed by atoms with Crippen LogP contribution in [0.4, 0.5) is 0 Å². The van der Waals surface area contributed by atoms with Crippen molar-refractivity contribution in [1.29, 1.82) is 10.5 Å². The quantitative estimate of drug-likeness (QED) is 0.115. The minimum atomic E-state index is 0.670. The van der Waals surface area contributed by atoms with Gasteiger partial charge in [0.05, 0.1) is 65.3 Å². The average Bonchev–Trinajstić information content (AvgIpc) is 3.67. The Morgan fingerprint density at radius 1 is 0.595 bits per heavy atom. The number of nitriles is 2. The molecule has 8 heteroatoms. The molecule has 0 aliphatic heterocycles. The van der Waals surface area contributed by atoms with Gasteiger partial charge in [-0.15, -0.1) is 22.7 Å². The Morgan fingerprint density at radius 2 is 1.00 bits per heavy atom. The van der Waals surface area contributed by atoms with E-state index >= 15 is 0 Å². The number of benzene rings is 3. The summed E-state index contributed by atoms with van der Waals surface area (Å²) in [5.74, 6) is 1.99. The van der Waals surface area contributed by atoms with Crippen molar-refractivity contribution in [3.8, 4) is 44.0 Å². The molecule has 0 fully saturated rings. The number of unbranched alkanes of at least 4 members (excludes halogenated alkanes) is 6. The van der Waals surface area contributed by atoms with Crippen molar-refractivity contribution in [2.45, 2.75) is 65.2 Å². The van der Waals surface area contributed by atoms with E-state index in [1.807, 2.05) is 48.5 Å². The van der Waals surface area contributed by atoms with Gasteiger partial charge < -0.3 is 9.47 Å². The van der Waals surface area contributed by atoms with Crippen molar-refractivity contribution in [2.24, 2.45) is 0 Å². The smallest absolute Gasteiger partial charge is 0.151 e. The van der Waals surface area contributed by atoms with Gasteiger partial charge in [-0.3, -0.25) is 0 Å². The van der Waals surface area contributed by atoms with Crippen LogP contribution in [0.2, 0.25) is 0 Å². The van der Waals surface area contributed by atoms with E-state index in [-0.39, 0.29) is 0 Å². The van der Waals surface area contributed by atoms with Gasteiger partial charge in [0.15, 0.2) is 11.5 Å². The first-order chi connectivity index (χ1) is 20.7. The number of ether oxygens (including phenoxy) is 2. The maximum Gasteiger partial charge on any atom is 0.151 e. The zero-order chi connectivity index (χ0) is 29.3. The van der Waals surface area contributed by atoms with Crippen molar-refractivity contribution < 1.29 is 9.47 Å². The van der Waals surface area contributed by atoms with Gasteiger partial charge in [-0.1, -0.05) is 76.6 Å². The summed E-state index contributed by atoms with van der Waals surface area (Å²) in [4.78, 5) is 0. The first-order valence-electron chi connectivity index (χ1n) is 14.7. The third kappa shape index (κ3) is 6.97. The van der Waals surface area contributed by atoms with Crippen LogP contribution in [0, 0.1) is 22.7 Å². The topological polar surface area (TPSA) is 66.0 Å². The summed E-state index contributed by atoms with van der Waals surface area (Å²) in [5.41, 5.74) is 3.61. The van der Waals surface area contributed by atoms with E-state index in [1.54, 1.807) is 22.7 Å². The molecule has 2 aromatic heterocycles. The summed E-state index contributed by atoms with van der Waals surface area (Å²) in [7, 11) is 2.23. The fraction of sp³-hybridized carbons (Fsp3) is 0.353. The lowest BCUT2D eigenvalue weighted by atomic mass is 10.2. The maximum atomic E-state index is 9.29. The van der Waals surface area contributed by atoms with Gasteiger partial charge in [0, 0.05) is 0 Å². The zero-order valence-corrected chi connectivity index (χ0v) is 27.5. The molecule has 0 saturated heterocycles. The lowest BCUT2D eigenvalue weighted by Gasteiger charge is -2.13. The molecule has 2 heterocycles. The third-order valence-electron chi connectivity index (χ3n) is 7.11. The number of rotatable bonds is 14. The summed E-state index contributed by atoms with van der Waals surface area (Å²) in [6, 6.07) is 20.2. The molecule has 214 valence electrons. The number of hydrogen-bond donors (Lipinski definition) is 0. The van der Waals surface area contributed by atoms with Crippen molar-refractivity contribution in [3.63, 3.8) is 0 Å². The van der Waals surface area contributed by atoms with Crippen molar-refractivity contribution in [3.05, 3.63) is 59.7 Å². The molecular formula is C34H34N2O2P2S2. The Hall–Kier alpha value is -2.98. The second kappa shape index (κ2) is 15.0. The molecule has 42 heavy (non-hydrogen) atoms. The van der Waals surface area contributed by atoms with Crippen LogP contribution < -0.4 is 9.47 Å². The van der Waals surface area contributed by atoms with Gasteiger partial charge in [-0.25, -0.2) is 0 Å².